The van der Waals surface area contributed by atoms with Crippen LogP contribution in [0.1, 0.15) is 50.5 Å². The first-order chi connectivity index (χ1) is 12.9. The van der Waals surface area contributed by atoms with E-state index in [4.69, 9.17) is 0 Å². The van der Waals surface area contributed by atoms with Crippen LogP contribution in [0, 0.1) is 5.92 Å². The van der Waals surface area contributed by atoms with Crippen molar-refractivity contribution in [2.45, 2.75) is 57.4 Å². The van der Waals surface area contributed by atoms with Gasteiger partial charge in [-0.3, -0.25) is 0 Å². The summed E-state index contributed by atoms with van der Waals surface area (Å²) >= 11 is 0. The molecule has 4 rings (SSSR count). The molecule has 138 valence electrons. The Balaban J connectivity index is 1.21. The van der Waals surface area contributed by atoms with E-state index in [-0.39, 0.29) is 0 Å². The van der Waals surface area contributed by atoms with E-state index < -0.39 is 0 Å². The molecule has 0 radical (unpaired) electrons. The number of piperidine rings is 1. The van der Waals surface area contributed by atoms with E-state index in [0.717, 1.165) is 30.0 Å². The molecule has 1 saturated heterocycles. The van der Waals surface area contributed by atoms with Crippen molar-refractivity contribution in [3.05, 3.63) is 42.5 Å². The molecule has 1 saturated carbocycles. The Morgan fingerprint density at radius 3 is 2.46 bits per heavy atom. The zero-order valence-corrected chi connectivity index (χ0v) is 15.5. The fraction of sp³-hybridized carbons (Fsp3) is 0.571. The molecule has 26 heavy (non-hydrogen) atoms. The van der Waals surface area contributed by atoms with Gasteiger partial charge in [-0.1, -0.05) is 18.9 Å². The summed E-state index contributed by atoms with van der Waals surface area (Å²) in [6.45, 7) is 2.63. The average Bonchev–Trinajstić information content (AvgIpc) is 3.24. The zero-order valence-electron chi connectivity index (χ0n) is 15.5. The maximum Gasteiger partial charge on any atom is 0.134 e. The quantitative estimate of drug-likeness (QED) is 0.845. The summed E-state index contributed by atoms with van der Waals surface area (Å²) in [7, 11) is 0. The van der Waals surface area contributed by atoms with E-state index in [1.165, 1.54) is 69.9 Å². The number of hydrogen-bond acceptors (Lipinski definition) is 5. The maximum absolute atomic E-state index is 4.52. The van der Waals surface area contributed by atoms with Crippen molar-refractivity contribution < 1.29 is 0 Å². The minimum absolute atomic E-state index is 0.772. The van der Waals surface area contributed by atoms with E-state index in [1.54, 1.807) is 6.20 Å². The predicted molar refractivity (Wildman–Crippen MR) is 104 cm³/mol. The number of anilines is 2. The SMILES string of the molecule is c1cc(Nc2ccc(CCC3CCN(C4CCCC4)CC3)cn2)ncn1. The first-order valence-corrected chi connectivity index (χ1v) is 10.1. The lowest BCUT2D eigenvalue weighted by molar-refractivity contribution is 0.131. The van der Waals surface area contributed by atoms with Crippen molar-refractivity contribution in [2.75, 3.05) is 18.4 Å². The Morgan fingerprint density at radius 1 is 0.962 bits per heavy atom. The molecule has 2 fully saturated rings. The Hall–Kier alpha value is -2.01. The molecule has 5 nitrogen and oxygen atoms in total. The van der Waals surface area contributed by atoms with Crippen LogP contribution in [0.25, 0.3) is 0 Å². The monoisotopic (exact) mass is 351 g/mol. The summed E-state index contributed by atoms with van der Waals surface area (Å²) in [5, 5.41) is 3.20. The standard InChI is InChI=1S/C21H29N5/c1-2-4-19(3-1)26-13-10-17(11-14-26)5-6-18-7-8-20(23-15-18)25-21-9-12-22-16-24-21/h7-9,12,15-17,19H,1-6,10-11,13-14H2,(H,22,23,24,25). The van der Waals surface area contributed by atoms with Gasteiger partial charge in [-0.15, -0.1) is 0 Å². The highest BCUT2D eigenvalue weighted by Crippen LogP contribution is 2.29. The first-order valence-electron chi connectivity index (χ1n) is 10.1. The molecule has 3 heterocycles. The van der Waals surface area contributed by atoms with Gasteiger partial charge in [0.2, 0.25) is 0 Å². The Kier molecular flexibility index (Phi) is 5.75. The van der Waals surface area contributed by atoms with Crippen LogP contribution in [0.4, 0.5) is 11.6 Å². The van der Waals surface area contributed by atoms with Crippen molar-refractivity contribution in [1.29, 1.82) is 0 Å². The summed E-state index contributed by atoms with van der Waals surface area (Å²) in [4.78, 5) is 15.4. The van der Waals surface area contributed by atoms with E-state index in [1.807, 2.05) is 18.3 Å². The van der Waals surface area contributed by atoms with Crippen LogP contribution in [-0.4, -0.2) is 39.0 Å². The number of pyridine rings is 1. The molecule has 0 amide bonds. The molecule has 0 unspecified atom stereocenters. The third-order valence-corrected chi connectivity index (χ3v) is 5.99. The molecule has 0 aromatic carbocycles. The summed E-state index contributed by atoms with van der Waals surface area (Å²) in [6.07, 6.45) is 16.2. The number of aromatic nitrogens is 3. The molecule has 2 aromatic heterocycles. The van der Waals surface area contributed by atoms with Gasteiger partial charge in [0.15, 0.2) is 0 Å². The molecule has 0 atom stereocenters. The van der Waals surface area contributed by atoms with E-state index in [9.17, 15) is 0 Å². The lowest BCUT2D eigenvalue weighted by Gasteiger charge is -2.36. The molecule has 0 spiro atoms. The third-order valence-electron chi connectivity index (χ3n) is 5.99. The van der Waals surface area contributed by atoms with Gasteiger partial charge in [-0.05, 0) is 75.2 Å². The van der Waals surface area contributed by atoms with Crippen molar-refractivity contribution >= 4 is 11.6 Å². The number of hydrogen-bond donors (Lipinski definition) is 1. The van der Waals surface area contributed by atoms with Crippen LogP contribution in [0.5, 0.6) is 0 Å². The minimum Gasteiger partial charge on any atom is -0.325 e. The topological polar surface area (TPSA) is 53.9 Å². The number of nitrogens with zero attached hydrogens (tertiary/aromatic N) is 4. The lowest BCUT2D eigenvalue weighted by atomic mass is 9.90. The van der Waals surface area contributed by atoms with Gasteiger partial charge in [0, 0.05) is 18.4 Å². The largest absolute Gasteiger partial charge is 0.325 e. The number of aryl methyl sites for hydroxylation is 1. The Labute approximate surface area is 156 Å². The van der Waals surface area contributed by atoms with Gasteiger partial charge < -0.3 is 10.2 Å². The number of nitrogens with one attached hydrogen (secondary N) is 1. The molecular formula is C21H29N5. The van der Waals surface area contributed by atoms with Gasteiger partial charge in [0.25, 0.3) is 0 Å². The van der Waals surface area contributed by atoms with Gasteiger partial charge >= 0.3 is 0 Å². The second kappa shape index (κ2) is 8.58. The van der Waals surface area contributed by atoms with Gasteiger partial charge in [-0.25, -0.2) is 15.0 Å². The van der Waals surface area contributed by atoms with Crippen LogP contribution in [0.3, 0.4) is 0 Å². The Morgan fingerprint density at radius 2 is 1.77 bits per heavy atom. The highest BCUT2D eigenvalue weighted by atomic mass is 15.2. The fourth-order valence-electron chi connectivity index (χ4n) is 4.39. The van der Waals surface area contributed by atoms with Crippen LogP contribution in [-0.2, 0) is 6.42 Å². The van der Waals surface area contributed by atoms with E-state index in [2.05, 4.69) is 31.2 Å². The third kappa shape index (κ3) is 4.58. The smallest absolute Gasteiger partial charge is 0.134 e. The Bertz CT molecular complexity index is 659. The van der Waals surface area contributed by atoms with E-state index in [0.29, 0.717) is 0 Å². The molecule has 0 bridgehead atoms. The van der Waals surface area contributed by atoms with Gasteiger partial charge in [0.1, 0.15) is 18.0 Å². The molecule has 1 aliphatic carbocycles. The van der Waals surface area contributed by atoms with Gasteiger partial charge in [0.05, 0.1) is 0 Å². The van der Waals surface area contributed by atoms with Crippen LogP contribution >= 0.6 is 0 Å². The first kappa shape index (κ1) is 17.4. The molecule has 2 aliphatic rings. The van der Waals surface area contributed by atoms with E-state index >= 15 is 0 Å². The van der Waals surface area contributed by atoms with Crippen molar-refractivity contribution in [3.8, 4) is 0 Å². The molecular weight excluding hydrogens is 322 g/mol. The summed E-state index contributed by atoms with van der Waals surface area (Å²) in [5.74, 6) is 2.48. The normalized spacial score (nSPS) is 19.7. The maximum atomic E-state index is 4.52. The van der Waals surface area contributed by atoms with Crippen molar-refractivity contribution in [3.63, 3.8) is 0 Å². The van der Waals surface area contributed by atoms with Crippen LogP contribution in [0.15, 0.2) is 36.9 Å². The highest BCUT2D eigenvalue weighted by Gasteiger charge is 2.26. The predicted octanol–water partition coefficient (Wildman–Crippen LogP) is 4.20. The van der Waals surface area contributed by atoms with Gasteiger partial charge in [-0.2, -0.15) is 0 Å². The van der Waals surface area contributed by atoms with Crippen molar-refractivity contribution in [1.82, 2.24) is 19.9 Å². The molecule has 2 aromatic rings. The minimum atomic E-state index is 0.772. The van der Waals surface area contributed by atoms with Crippen molar-refractivity contribution in [2.24, 2.45) is 5.92 Å². The average molecular weight is 351 g/mol. The zero-order chi connectivity index (χ0) is 17.6. The number of likely N-dealkylation sites (tertiary alicyclic amines) is 1. The molecule has 1 N–H and O–H groups in total. The second-order valence-corrected chi connectivity index (χ2v) is 7.73. The fourth-order valence-corrected chi connectivity index (χ4v) is 4.39. The number of rotatable bonds is 6. The summed E-state index contributed by atoms with van der Waals surface area (Å²) < 4.78 is 0. The lowest BCUT2D eigenvalue weighted by Crippen LogP contribution is -2.40. The molecule has 1 aliphatic heterocycles. The second-order valence-electron chi connectivity index (χ2n) is 7.73. The highest BCUT2D eigenvalue weighted by molar-refractivity contribution is 5.50. The van der Waals surface area contributed by atoms with Crippen LogP contribution < -0.4 is 5.32 Å². The molecule has 5 heteroatoms. The van der Waals surface area contributed by atoms with Crippen LogP contribution in [0.2, 0.25) is 0 Å². The summed E-state index contributed by atoms with van der Waals surface area (Å²) in [5.41, 5.74) is 1.33. The summed E-state index contributed by atoms with van der Waals surface area (Å²) in [6, 6.07) is 6.97.